The number of ketones is 1. The Morgan fingerprint density at radius 2 is 1.91 bits per heavy atom. The number of halogens is 1. The molecule has 0 atom stereocenters. The molecule has 1 fully saturated rings. The summed E-state index contributed by atoms with van der Waals surface area (Å²) in [6, 6.07) is 6.90. The van der Waals surface area contributed by atoms with Crippen LogP contribution in [0, 0.1) is 5.82 Å². The summed E-state index contributed by atoms with van der Waals surface area (Å²) in [7, 11) is 1.36. The van der Waals surface area contributed by atoms with Gasteiger partial charge in [-0.05, 0) is 37.2 Å². The lowest BCUT2D eigenvalue weighted by molar-refractivity contribution is 0.0987. The van der Waals surface area contributed by atoms with Crippen molar-refractivity contribution in [1.29, 1.82) is 0 Å². The van der Waals surface area contributed by atoms with E-state index in [1.165, 1.54) is 38.1 Å². The quantitative estimate of drug-likeness (QED) is 0.395. The van der Waals surface area contributed by atoms with Gasteiger partial charge in [0.1, 0.15) is 6.61 Å². The number of methoxy groups -OCH3 is 1. The second-order valence-electron chi connectivity index (χ2n) is 8.51. The minimum absolute atomic E-state index is 0.00826. The molecule has 1 aliphatic rings. The van der Waals surface area contributed by atoms with Crippen molar-refractivity contribution >= 4 is 17.4 Å². The molecule has 0 saturated carbocycles. The van der Waals surface area contributed by atoms with Gasteiger partial charge in [-0.1, -0.05) is 13.8 Å². The maximum Gasteiger partial charge on any atom is 0.227 e. The molecule has 3 heterocycles. The van der Waals surface area contributed by atoms with E-state index >= 15 is 0 Å². The Morgan fingerprint density at radius 1 is 1.14 bits per heavy atom. The molecule has 3 aromatic rings. The summed E-state index contributed by atoms with van der Waals surface area (Å²) in [5, 5.41) is 3.12. The van der Waals surface area contributed by atoms with Gasteiger partial charge in [-0.3, -0.25) is 9.78 Å². The normalized spacial score (nSPS) is 13.8. The molecule has 1 aliphatic heterocycles. The zero-order valence-corrected chi connectivity index (χ0v) is 20.3. The zero-order chi connectivity index (χ0) is 24.8. The SMILES string of the molecule is CCCN1CC(c2ccc(Nc3ncc(OCc4cc(C(=O)CC)cc(OC)c4F)cn3)cn2)C1. The first-order chi connectivity index (χ1) is 17.0. The van der Waals surface area contributed by atoms with Crippen molar-refractivity contribution in [2.75, 3.05) is 32.1 Å². The summed E-state index contributed by atoms with van der Waals surface area (Å²) in [4.78, 5) is 27.6. The third-order valence-corrected chi connectivity index (χ3v) is 5.96. The van der Waals surface area contributed by atoms with Crippen LogP contribution in [0.3, 0.4) is 0 Å². The van der Waals surface area contributed by atoms with E-state index in [4.69, 9.17) is 9.47 Å². The van der Waals surface area contributed by atoms with Crippen molar-refractivity contribution in [2.24, 2.45) is 0 Å². The number of hydrogen-bond donors (Lipinski definition) is 1. The summed E-state index contributed by atoms with van der Waals surface area (Å²) in [6.07, 6.45) is 6.28. The van der Waals surface area contributed by atoms with Crippen LogP contribution in [-0.2, 0) is 6.61 Å². The molecular weight excluding hydrogens is 449 g/mol. The van der Waals surface area contributed by atoms with Crippen LogP contribution in [0.4, 0.5) is 16.0 Å². The highest BCUT2D eigenvalue weighted by Crippen LogP contribution is 2.27. The van der Waals surface area contributed by atoms with Crippen LogP contribution in [-0.4, -0.2) is 52.4 Å². The fourth-order valence-electron chi connectivity index (χ4n) is 4.00. The number of benzene rings is 1. The van der Waals surface area contributed by atoms with Crippen LogP contribution in [0.2, 0.25) is 0 Å². The van der Waals surface area contributed by atoms with E-state index in [2.05, 4.69) is 32.1 Å². The number of carbonyl (C=O) groups excluding carboxylic acids is 1. The van der Waals surface area contributed by atoms with Gasteiger partial charge in [0, 0.05) is 42.2 Å². The van der Waals surface area contributed by atoms with Gasteiger partial charge >= 0.3 is 0 Å². The molecule has 0 radical (unpaired) electrons. The van der Waals surface area contributed by atoms with Crippen molar-refractivity contribution in [3.05, 3.63) is 65.5 Å². The topological polar surface area (TPSA) is 89.5 Å². The number of rotatable bonds is 11. The summed E-state index contributed by atoms with van der Waals surface area (Å²) in [6.45, 7) is 7.12. The van der Waals surface area contributed by atoms with E-state index in [-0.39, 0.29) is 23.7 Å². The second kappa shape index (κ2) is 11.2. The molecule has 8 nitrogen and oxygen atoms in total. The Labute approximate surface area is 204 Å². The number of carbonyl (C=O) groups is 1. The number of likely N-dealkylation sites (tertiary alicyclic amines) is 1. The van der Waals surface area contributed by atoms with Gasteiger partial charge in [-0.25, -0.2) is 14.4 Å². The van der Waals surface area contributed by atoms with Crippen molar-refractivity contribution in [3.8, 4) is 11.5 Å². The molecule has 1 N–H and O–H groups in total. The monoisotopic (exact) mass is 479 g/mol. The van der Waals surface area contributed by atoms with Crippen LogP contribution < -0.4 is 14.8 Å². The van der Waals surface area contributed by atoms with E-state index in [0.717, 1.165) is 31.0 Å². The summed E-state index contributed by atoms with van der Waals surface area (Å²) in [5.41, 5.74) is 2.49. The molecule has 4 rings (SSSR count). The first-order valence-corrected chi connectivity index (χ1v) is 11.8. The third kappa shape index (κ3) is 5.92. The lowest BCUT2D eigenvalue weighted by Crippen LogP contribution is -2.45. The maximum atomic E-state index is 14.6. The number of hydrogen-bond acceptors (Lipinski definition) is 8. The smallest absolute Gasteiger partial charge is 0.227 e. The lowest BCUT2D eigenvalue weighted by Gasteiger charge is -2.38. The van der Waals surface area contributed by atoms with E-state index in [1.54, 1.807) is 13.1 Å². The molecule has 184 valence electrons. The van der Waals surface area contributed by atoms with Gasteiger partial charge in [-0.2, -0.15) is 0 Å². The molecule has 0 unspecified atom stereocenters. The molecule has 0 spiro atoms. The van der Waals surface area contributed by atoms with Crippen LogP contribution in [0.15, 0.2) is 42.9 Å². The first kappa shape index (κ1) is 24.5. The lowest BCUT2D eigenvalue weighted by atomic mass is 9.95. The van der Waals surface area contributed by atoms with Gasteiger partial charge in [0.25, 0.3) is 0 Å². The van der Waals surface area contributed by atoms with Crippen molar-refractivity contribution < 1.29 is 18.7 Å². The number of pyridine rings is 1. The molecule has 1 aromatic carbocycles. The van der Waals surface area contributed by atoms with Gasteiger partial charge in [0.15, 0.2) is 23.1 Å². The Morgan fingerprint density at radius 3 is 2.54 bits per heavy atom. The minimum Gasteiger partial charge on any atom is -0.494 e. The number of ether oxygens (including phenoxy) is 2. The number of aromatic nitrogens is 3. The predicted octanol–water partition coefficient (Wildman–Crippen LogP) is 4.74. The maximum absolute atomic E-state index is 14.6. The highest BCUT2D eigenvalue weighted by atomic mass is 19.1. The average molecular weight is 480 g/mol. The number of nitrogens with zero attached hydrogens (tertiary/aromatic N) is 4. The average Bonchev–Trinajstić information content (AvgIpc) is 2.86. The highest BCUT2D eigenvalue weighted by molar-refractivity contribution is 5.96. The standard InChI is InChI=1S/C26H30FN5O3/c1-4-8-32-14-19(15-32)22-7-6-20(11-28-22)31-26-29-12-21(13-30-26)35-16-18-9-17(23(33)5-2)10-24(34-3)25(18)27/h6-7,9-13,19H,4-5,8,14-16H2,1-3H3,(H,29,30,31). The fraction of sp³-hybridized carbons (Fsp3) is 0.385. The van der Waals surface area contributed by atoms with E-state index in [9.17, 15) is 9.18 Å². The number of anilines is 2. The van der Waals surface area contributed by atoms with Crippen LogP contribution in [0.25, 0.3) is 0 Å². The first-order valence-electron chi connectivity index (χ1n) is 11.8. The van der Waals surface area contributed by atoms with E-state index in [1.807, 2.05) is 12.1 Å². The predicted molar refractivity (Wildman–Crippen MR) is 131 cm³/mol. The minimum atomic E-state index is -0.560. The second-order valence-corrected chi connectivity index (χ2v) is 8.51. The number of nitrogens with one attached hydrogen (secondary N) is 1. The van der Waals surface area contributed by atoms with E-state index in [0.29, 0.717) is 29.6 Å². The van der Waals surface area contributed by atoms with Crippen LogP contribution in [0.5, 0.6) is 11.5 Å². The van der Waals surface area contributed by atoms with Gasteiger partial charge in [0.2, 0.25) is 5.95 Å². The van der Waals surface area contributed by atoms with Gasteiger partial charge < -0.3 is 19.7 Å². The Bertz CT molecular complexity index is 1150. The molecule has 35 heavy (non-hydrogen) atoms. The Balaban J connectivity index is 1.34. The van der Waals surface area contributed by atoms with Crippen molar-refractivity contribution in [1.82, 2.24) is 19.9 Å². The summed E-state index contributed by atoms with van der Waals surface area (Å²) >= 11 is 0. The van der Waals surface area contributed by atoms with E-state index < -0.39 is 5.82 Å². The number of Topliss-reactive ketones (excluding diaryl/α,β-unsaturated/α-hetero) is 1. The summed E-state index contributed by atoms with van der Waals surface area (Å²) < 4.78 is 25.3. The molecular formula is C26H30FN5O3. The fourth-order valence-corrected chi connectivity index (χ4v) is 4.00. The highest BCUT2D eigenvalue weighted by Gasteiger charge is 2.28. The molecule has 9 heteroatoms. The van der Waals surface area contributed by atoms with Crippen LogP contribution in [0.1, 0.15) is 54.2 Å². The van der Waals surface area contributed by atoms with Gasteiger partial charge in [0.05, 0.1) is 31.4 Å². The molecule has 2 aromatic heterocycles. The summed E-state index contributed by atoms with van der Waals surface area (Å²) in [5.74, 6) is 0.610. The Hall–Kier alpha value is -3.59. The van der Waals surface area contributed by atoms with Gasteiger partial charge in [-0.15, -0.1) is 0 Å². The molecule has 0 aliphatic carbocycles. The molecule has 0 bridgehead atoms. The van der Waals surface area contributed by atoms with Crippen LogP contribution >= 0.6 is 0 Å². The Kier molecular flexibility index (Phi) is 7.87. The van der Waals surface area contributed by atoms with Crippen molar-refractivity contribution in [3.63, 3.8) is 0 Å². The van der Waals surface area contributed by atoms with Crippen molar-refractivity contribution in [2.45, 2.75) is 39.2 Å². The zero-order valence-electron chi connectivity index (χ0n) is 20.3. The molecule has 1 saturated heterocycles. The third-order valence-electron chi connectivity index (χ3n) is 5.96. The molecule has 0 amide bonds. The largest absolute Gasteiger partial charge is 0.494 e.